The van der Waals surface area contributed by atoms with Crippen LogP contribution in [0.25, 0.3) is 6.08 Å². The number of carbonyl (C=O) groups excluding carboxylic acids is 2. The average Bonchev–Trinajstić information content (AvgIpc) is 3.00. The Morgan fingerprint density at radius 2 is 1.97 bits per heavy atom. The van der Waals surface area contributed by atoms with Crippen LogP contribution in [0.4, 0.5) is 5.69 Å². The maximum atomic E-state index is 13.0. The molecule has 156 valence electrons. The molecular weight excluding hydrogens is 514 g/mol. The number of esters is 1. The van der Waals surface area contributed by atoms with Gasteiger partial charge in [-0.05, 0) is 42.5 Å². The molecule has 3 rings (SSSR count). The topological polar surface area (TPSA) is 65.1 Å². The third-order valence-electron chi connectivity index (χ3n) is 4.02. The summed E-state index contributed by atoms with van der Waals surface area (Å²) < 4.78 is 16.4. The van der Waals surface area contributed by atoms with Gasteiger partial charge in [-0.2, -0.15) is 0 Å². The molecule has 1 fully saturated rings. The number of thioether (sulfide) groups is 1. The number of benzene rings is 2. The van der Waals surface area contributed by atoms with Gasteiger partial charge in [0.2, 0.25) is 0 Å². The van der Waals surface area contributed by atoms with Crippen LogP contribution in [-0.4, -0.2) is 37.0 Å². The predicted molar refractivity (Wildman–Crippen MR) is 125 cm³/mol. The molecular formula is C20H15BrClNO5S2. The molecule has 0 unspecified atom stereocenters. The Kier molecular flexibility index (Phi) is 7.41. The molecule has 0 atom stereocenters. The van der Waals surface area contributed by atoms with Crippen molar-refractivity contribution in [1.29, 1.82) is 0 Å². The largest absolute Gasteiger partial charge is 0.495 e. The number of thiocarbonyl (C=S) groups is 1. The molecule has 0 aromatic heterocycles. The van der Waals surface area contributed by atoms with E-state index in [0.29, 0.717) is 37.0 Å². The van der Waals surface area contributed by atoms with Crippen molar-refractivity contribution < 1.29 is 23.8 Å². The first-order chi connectivity index (χ1) is 14.3. The first-order valence-corrected chi connectivity index (χ1v) is 10.8. The van der Waals surface area contributed by atoms with E-state index in [0.717, 1.165) is 16.2 Å². The molecule has 0 N–H and O–H groups in total. The van der Waals surface area contributed by atoms with Crippen LogP contribution in [0.3, 0.4) is 0 Å². The van der Waals surface area contributed by atoms with E-state index in [-0.39, 0.29) is 12.5 Å². The number of ether oxygens (including phenoxy) is 3. The number of methoxy groups -OCH3 is 2. The van der Waals surface area contributed by atoms with Gasteiger partial charge in [0.05, 0.1) is 29.8 Å². The van der Waals surface area contributed by atoms with Crippen molar-refractivity contribution in [3.05, 3.63) is 56.4 Å². The lowest BCUT2D eigenvalue weighted by Crippen LogP contribution is -2.27. The van der Waals surface area contributed by atoms with Gasteiger partial charge in [-0.15, -0.1) is 0 Å². The molecule has 2 aromatic rings. The fourth-order valence-corrected chi connectivity index (χ4v) is 4.51. The van der Waals surface area contributed by atoms with Crippen molar-refractivity contribution >= 4 is 79.5 Å². The van der Waals surface area contributed by atoms with E-state index in [9.17, 15) is 9.59 Å². The molecule has 6 nitrogen and oxygen atoms in total. The van der Waals surface area contributed by atoms with Crippen LogP contribution >= 0.6 is 51.5 Å². The lowest BCUT2D eigenvalue weighted by atomic mass is 10.2. The molecule has 0 spiro atoms. The lowest BCUT2D eigenvalue weighted by molar-refractivity contribution is -0.142. The number of rotatable bonds is 6. The second-order valence-electron chi connectivity index (χ2n) is 5.88. The van der Waals surface area contributed by atoms with E-state index in [2.05, 4.69) is 20.7 Å². The van der Waals surface area contributed by atoms with E-state index < -0.39 is 5.97 Å². The van der Waals surface area contributed by atoms with Crippen LogP contribution in [0, 0.1) is 0 Å². The number of hydrogen-bond donors (Lipinski definition) is 0. The Morgan fingerprint density at radius 1 is 1.23 bits per heavy atom. The van der Waals surface area contributed by atoms with Gasteiger partial charge >= 0.3 is 5.97 Å². The minimum absolute atomic E-state index is 0.246. The highest BCUT2D eigenvalue weighted by Crippen LogP contribution is 2.39. The summed E-state index contributed by atoms with van der Waals surface area (Å²) in [6.07, 6.45) is 1.67. The van der Waals surface area contributed by atoms with Gasteiger partial charge in [0.25, 0.3) is 5.91 Å². The van der Waals surface area contributed by atoms with Gasteiger partial charge in [0.1, 0.15) is 11.5 Å². The molecule has 30 heavy (non-hydrogen) atoms. The van der Waals surface area contributed by atoms with Crippen LogP contribution in [0.5, 0.6) is 11.5 Å². The zero-order valence-electron chi connectivity index (χ0n) is 15.8. The molecule has 1 heterocycles. The van der Waals surface area contributed by atoms with Crippen LogP contribution in [0.15, 0.2) is 45.8 Å². The maximum Gasteiger partial charge on any atom is 0.343 e. The lowest BCUT2D eigenvalue weighted by Gasteiger charge is -2.15. The first-order valence-electron chi connectivity index (χ1n) is 8.44. The molecule has 1 saturated heterocycles. The summed E-state index contributed by atoms with van der Waals surface area (Å²) in [4.78, 5) is 26.3. The van der Waals surface area contributed by atoms with Crippen molar-refractivity contribution in [3.8, 4) is 11.5 Å². The Morgan fingerprint density at radius 3 is 2.63 bits per heavy atom. The summed E-state index contributed by atoms with van der Waals surface area (Å²) in [6, 6.07) is 10.3. The normalized spacial score (nSPS) is 14.9. The maximum absolute atomic E-state index is 13.0. The van der Waals surface area contributed by atoms with E-state index >= 15 is 0 Å². The van der Waals surface area contributed by atoms with Gasteiger partial charge in [-0.3, -0.25) is 9.69 Å². The third kappa shape index (κ3) is 4.97. The van der Waals surface area contributed by atoms with Crippen LogP contribution in [0.1, 0.15) is 5.56 Å². The van der Waals surface area contributed by atoms with Crippen molar-refractivity contribution in [2.45, 2.75) is 0 Å². The number of carbonyl (C=O) groups is 2. The average molecular weight is 529 g/mol. The zero-order valence-corrected chi connectivity index (χ0v) is 19.8. The summed E-state index contributed by atoms with van der Waals surface area (Å²) in [7, 11) is 2.80. The van der Waals surface area contributed by atoms with Crippen LogP contribution < -0.4 is 14.4 Å². The summed E-state index contributed by atoms with van der Waals surface area (Å²) >= 11 is 16.2. The highest BCUT2D eigenvalue weighted by atomic mass is 79.9. The Balaban J connectivity index is 1.91. The summed E-state index contributed by atoms with van der Waals surface area (Å²) in [6.45, 7) is -0.246. The molecule has 0 radical (unpaired) electrons. The smallest absolute Gasteiger partial charge is 0.343 e. The summed E-state index contributed by atoms with van der Waals surface area (Å²) in [5.41, 5.74) is 1.16. The van der Waals surface area contributed by atoms with Gasteiger partial charge < -0.3 is 14.2 Å². The number of nitrogens with zero attached hydrogens (tertiary/aromatic N) is 1. The number of amides is 1. The zero-order chi connectivity index (χ0) is 21.8. The quantitative estimate of drug-likeness (QED) is 0.295. The molecule has 10 heteroatoms. The van der Waals surface area contributed by atoms with E-state index in [1.807, 2.05) is 0 Å². The monoisotopic (exact) mass is 527 g/mol. The van der Waals surface area contributed by atoms with Crippen LogP contribution in [0.2, 0.25) is 5.02 Å². The molecule has 1 aliphatic heterocycles. The standard InChI is InChI=1S/C20H15BrClNO5S2/c1-26-16-6-4-13(9-14(16)22)23-19(25)17(30-20(23)29)8-11-7-12(21)3-5-15(11)28-10-18(24)27-2/h3-9H,10H2,1-2H3/b17-8+. The minimum atomic E-state index is -0.508. The minimum Gasteiger partial charge on any atom is -0.495 e. The van der Waals surface area contributed by atoms with Gasteiger partial charge in [0, 0.05) is 10.0 Å². The summed E-state index contributed by atoms with van der Waals surface area (Å²) in [5, 5.41) is 0.374. The predicted octanol–water partition coefficient (Wildman–Crippen LogP) is 5.07. The van der Waals surface area contributed by atoms with Gasteiger partial charge in [0.15, 0.2) is 10.9 Å². The number of hydrogen-bond acceptors (Lipinski definition) is 7. The Hall–Kier alpha value is -2.07. The highest BCUT2D eigenvalue weighted by Gasteiger charge is 2.34. The summed E-state index contributed by atoms with van der Waals surface area (Å²) in [5.74, 6) is 0.140. The fraction of sp³-hybridized carbons (Fsp3) is 0.150. The molecule has 1 amide bonds. The van der Waals surface area contributed by atoms with Gasteiger partial charge in [-0.25, -0.2) is 4.79 Å². The van der Waals surface area contributed by atoms with Crippen LogP contribution in [-0.2, 0) is 14.3 Å². The van der Waals surface area contributed by atoms with Crippen molar-refractivity contribution in [2.75, 3.05) is 25.7 Å². The second kappa shape index (κ2) is 9.82. The van der Waals surface area contributed by atoms with E-state index in [4.69, 9.17) is 33.3 Å². The second-order valence-corrected chi connectivity index (χ2v) is 8.88. The number of anilines is 1. The molecule has 0 aliphatic carbocycles. The molecule has 2 aromatic carbocycles. The molecule has 0 saturated carbocycles. The van der Waals surface area contributed by atoms with Crippen molar-refractivity contribution in [2.24, 2.45) is 0 Å². The van der Waals surface area contributed by atoms with Gasteiger partial charge in [-0.1, -0.05) is 51.5 Å². The highest BCUT2D eigenvalue weighted by molar-refractivity contribution is 9.10. The third-order valence-corrected chi connectivity index (χ3v) is 6.11. The number of halogens is 2. The molecule has 1 aliphatic rings. The fourth-order valence-electron chi connectivity index (χ4n) is 2.59. The molecule has 0 bridgehead atoms. The van der Waals surface area contributed by atoms with Crippen molar-refractivity contribution in [1.82, 2.24) is 0 Å². The Bertz CT molecular complexity index is 1060. The van der Waals surface area contributed by atoms with E-state index in [1.54, 1.807) is 42.5 Å². The van der Waals surface area contributed by atoms with E-state index in [1.165, 1.54) is 19.1 Å². The van der Waals surface area contributed by atoms with Crippen molar-refractivity contribution in [3.63, 3.8) is 0 Å². The first kappa shape index (κ1) is 22.6. The SMILES string of the molecule is COC(=O)COc1ccc(Br)cc1/C=C1/SC(=S)N(c2ccc(OC)c(Cl)c2)C1=O. The Labute approximate surface area is 196 Å².